The molecule has 0 unspecified atom stereocenters. The van der Waals surface area contributed by atoms with E-state index in [1.165, 1.54) is 32.1 Å². The Morgan fingerprint density at radius 3 is 2.71 bits per heavy atom. The first-order chi connectivity index (χ1) is 11.8. The number of carbonyl (C=O) groups excluding carboxylic acids is 1. The van der Waals surface area contributed by atoms with Gasteiger partial charge in [-0.15, -0.1) is 0 Å². The Kier molecular flexibility index (Phi) is 4.74. The van der Waals surface area contributed by atoms with Crippen molar-refractivity contribution in [2.75, 3.05) is 26.2 Å². The number of urea groups is 1. The first-order valence-electron chi connectivity index (χ1n) is 9.45. The number of hydrogen-bond donors (Lipinski definition) is 1. The zero-order chi connectivity index (χ0) is 16.4. The minimum absolute atomic E-state index is 0.137. The van der Waals surface area contributed by atoms with E-state index in [0.29, 0.717) is 6.04 Å². The van der Waals surface area contributed by atoms with Crippen LogP contribution in [0, 0.1) is 11.8 Å². The van der Waals surface area contributed by atoms with Gasteiger partial charge in [0.2, 0.25) is 0 Å². The molecule has 24 heavy (non-hydrogen) atoms. The third-order valence-electron chi connectivity index (χ3n) is 5.87. The fourth-order valence-corrected chi connectivity index (χ4v) is 4.28. The molecule has 6 nitrogen and oxygen atoms in total. The second kappa shape index (κ2) is 7.13. The lowest BCUT2D eigenvalue weighted by Gasteiger charge is -2.36. The predicted molar refractivity (Wildman–Crippen MR) is 90.4 cm³/mol. The summed E-state index contributed by atoms with van der Waals surface area (Å²) >= 11 is 0. The average molecular weight is 332 g/mol. The Morgan fingerprint density at radius 2 is 2.00 bits per heavy atom. The summed E-state index contributed by atoms with van der Waals surface area (Å²) in [5.74, 6) is 1.83. The van der Waals surface area contributed by atoms with Crippen LogP contribution in [0.15, 0.2) is 16.9 Å². The third kappa shape index (κ3) is 3.91. The molecule has 2 heterocycles. The van der Waals surface area contributed by atoms with Gasteiger partial charge >= 0.3 is 6.03 Å². The van der Waals surface area contributed by atoms with Gasteiger partial charge in [-0.05, 0) is 37.5 Å². The van der Waals surface area contributed by atoms with Gasteiger partial charge in [0, 0.05) is 44.8 Å². The smallest absolute Gasteiger partial charge is 0.317 e. The summed E-state index contributed by atoms with van der Waals surface area (Å²) in [7, 11) is 0. The zero-order valence-corrected chi connectivity index (χ0v) is 14.3. The van der Waals surface area contributed by atoms with E-state index < -0.39 is 0 Å². The summed E-state index contributed by atoms with van der Waals surface area (Å²) in [5.41, 5.74) is 0.959. The Labute approximate surface area is 143 Å². The van der Waals surface area contributed by atoms with Gasteiger partial charge in [0.15, 0.2) is 0 Å². The summed E-state index contributed by atoms with van der Waals surface area (Å²) in [6, 6.07) is 2.43. The average Bonchev–Trinajstić information content (AvgIpc) is 3.34. The third-order valence-corrected chi connectivity index (χ3v) is 5.87. The topological polar surface area (TPSA) is 61.6 Å². The van der Waals surface area contributed by atoms with E-state index in [1.54, 1.807) is 6.26 Å². The molecule has 0 spiro atoms. The molecule has 132 valence electrons. The van der Waals surface area contributed by atoms with Crippen LogP contribution in [-0.2, 0) is 6.54 Å². The van der Waals surface area contributed by atoms with Crippen LogP contribution in [0.5, 0.6) is 0 Å². The number of aromatic nitrogens is 1. The molecule has 1 aromatic rings. The molecule has 3 fully saturated rings. The molecule has 0 aromatic carbocycles. The maximum atomic E-state index is 12.6. The van der Waals surface area contributed by atoms with Crippen LogP contribution in [0.3, 0.4) is 0 Å². The number of rotatable bonds is 4. The molecule has 1 N–H and O–H groups in total. The first-order valence-corrected chi connectivity index (χ1v) is 9.45. The van der Waals surface area contributed by atoms with Gasteiger partial charge in [-0.25, -0.2) is 4.79 Å². The first kappa shape index (κ1) is 15.9. The van der Waals surface area contributed by atoms with Crippen molar-refractivity contribution in [1.82, 2.24) is 20.3 Å². The second-order valence-electron chi connectivity index (χ2n) is 7.66. The number of carbonyl (C=O) groups is 1. The predicted octanol–water partition coefficient (Wildman–Crippen LogP) is 2.47. The van der Waals surface area contributed by atoms with Crippen molar-refractivity contribution < 1.29 is 9.32 Å². The molecule has 0 bridgehead atoms. The van der Waals surface area contributed by atoms with Gasteiger partial charge in [0.05, 0.1) is 5.69 Å². The molecule has 0 radical (unpaired) electrons. The molecule has 4 rings (SSSR count). The van der Waals surface area contributed by atoms with E-state index in [1.807, 2.05) is 11.0 Å². The molecule has 1 aromatic heterocycles. The highest BCUT2D eigenvalue weighted by atomic mass is 16.5. The van der Waals surface area contributed by atoms with Crippen molar-refractivity contribution in [3.8, 4) is 0 Å². The minimum atomic E-state index is 0.137. The molecule has 1 saturated heterocycles. The van der Waals surface area contributed by atoms with Crippen molar-refractivity contribution in [3.05, 3.63) is 18.0 Å². The highest BCUT2D eigenvalue weighted by molar-refractivity contribution is 5.74. The van der Waals surface area contributed by atoms with Gasteiger partial charge in [0.25, 0.3) is 0 Å². The molecule has 2 saturated carbocycles. The Morgan fingerprint density at radius 1 is 1.17 bits per heavy atom. The summed E-state index contributed by atoms with van der Waals surface area (Å²) in [4.78, 5) is 16.8. The Hall–Kier alpha value is -1.56. The van der Waals surface area contributed by atoms with E-state index in [0.717, 1.165) is 56.7 Å². The van der Waals surface area contributed by atoms with Crippen molar-refractivity contribution >= 4 is 6.03 Å². The minimum Gasteiger partial charge on any atom is -0.364 e. The number of hydrogen-bond acceptors (Lipinski definition) is 4. The standard InChI is InChI=1S/C18H28N4O2/c23-18(19-16-3-1-2-15(12-16)14-4-5-14)22-9-7-21(8-10-22)13-17-6-11-24-20-17/h6,11,14-16H,1-5,7-10,12-13H2,(H,19,23)/t15-,16+/m0/s1. The van der Waals surface area contributed by atoms with Crippen LogP contribution in [0.4, 0.5) is 4.79 Å². The Bertz CT molecular complexity index is 535. The van der Waals surface area contributed by atoms with E-state index in [-0.39, 0.29) is 6.03 Å². The maximum Gasteiger partial charge on any atom is 0.317 e. The fraction of sp³-hybridized carbons (Fsp3) is 0.778. The van der Waals surface area contributed by atoms with Crippen LogP contribution in [0.1, 0.15) is 44.2 Å². The quantitative estimate of drug-likeness (QED) is 0.920. The lowest BCUT2D eigenvalue weighted by atomic mass is 9.83. The summed E-state index contributed by atoms with van der Waals surface area (Å²) in [6.45, 7) is 4.19. The van der Waals surface area contributed by atoms with E-state index in [4.69, 9.17) is 4.52 Å². The Balaban J connectivity index is 1.21. The van der Waals surface area contributed by atoms with E-state index >= 15 is 0 Å². The zero-order valence-electron chi connectivity index (χ0n) is 14.3. The summed E-state index contributed by atoms with van der Waals surface area (Å²) in [5, 5.41) is 7.26. The number of nitrogens with zero attached hydrogens (tertiary/aromatic N) is 3. The van der Waals surface area contributed by atoms with E-state index in [2.05, 4.69) is 15.4 Å². The van der Waals surface area contributed by atoms with Crippen LogP contribution in [0.25, 0.3) is 0 Å². The van der Waals surface area contributed by atoms with Crippen LogP contribution >= 0.6 is 0 Å². The highest BCUT2D eigenvalue weighted by Gasteiger charge is 2.35. The fourth-order valence-electron chi connectivity index (χ4n) is 4.28. The van der Waals surface area contributed by atoms with Crippen molar-refractivity contribution in [2.24, 2.45) is 11.8 Å². The maximum absolute atomic E-state index is 12.6. The summed E-state index contributed by atoms with van der Waals surface area (Å²) in [6.07, 6.45) is 9.44. The molecule has 6 heteroatoms. The van der Waals surface area contributed by atoms with Gasteiger partial charge in [-0.2, -0.15) is 0 Å². The molecule has 3 aliphatic rings. The molecule has 2 aliphatic carbocycles. The van der Waals surface area contributed by atoms with Gasteiger partial charge < -0.3 is 14.7 Å². The normalized spacial score (nSPS) is 28.8. The highest BCUT2D eigenvalue weighted by Crippen LogP contribution is 2.43. The number of piperazine rings is 1. The molecular weight excluding hydrogens is 304 g/mol. The van der Waals surface area contributed by atoms with Crippen LogP contribution in [0.2, 0.25) is 0 Å². The lowest BCUT2D eigenvalue weighted by Crippen LogP contribution is -2.53. The van der Waals surface area contributed by atoms with Crippen LogP contribution < -0.4 is 5.32 Å². The van der Waals surface area contributed by atoms with Crippen molar-refractivity contribution in [1.29, 1.82) is 0 Å². The van der Waals surface area contributed by atoms with Crippen molar-refractivity contribution in [3.63, 3.8) is 0 Å². The molecule has 2 atom stereocenters. The SMILES string of the molecule is O=C(N[C@@H]1CCC[C@H](C2CC2)C1)N1CCN(Cc2ccon2)CC1. The van der Waals surface area contributed by atoms with Crippen molar-refractivity contribution in [2.45, 2.75) is 51.1 Å². The lowest BCUT2D eigenvalue weighted by molar-refractivity contribution is 0.128. The largest absolute Gasteiger partial charge is 0.364 e. The van der Waals surface area contributed by atoms with Crippen LogP contribution in [-0.4, -0.2) is 53.2 Å². The van der Waals surface area contributed by atoms with Gasteiger partial charge in [-0.3, -0.25) is 4.90 Å². The molecule has 2 amide bonds. The second-order valence-corrected chi connectivity index (χ2v) is 7.66. The molecular formula is C18H28N4O2. The van der Waals surface area contributed by atoms with Gasteiger partial charge in [0.1, 0.15) is 6.26 Å². The van der Waals surface area contributed by atoms with E-state index in [9.17, 15) is 4.79 Å². The number of nitrogens with one attached hydrogen (secondary N) is 1. The summed E-state index contributed by atoms with van der Waals surface area (Å²) < 4.78 is 4.88. The van der Waals surface area contributed by atoms with Gasteiger partial charge in [-0.1, -0.05) is 18.0 Å². The number of amides is 2. The monoisotopic (exact) mass is 332 g/mol. The molecule has 1 aliphatic heterocycles.